The van der Waals surface area contributed by atoms with Gasteiger partial charge < -0.3 is 41.0 Å². The van der Waals surface area contributed by atoms with E-state index in [4.69, 9.17) is 15.2 Å². The predicted octanol–water partition coefficient (Wildman–Crippen LogP) is 0.737. The average molecular weight is 602 g/mol. The van der Waals surface area contributed by atoms with Crippen LogP contribution in [0.25, 0.3) is 5.76 Å². The molecule has 0 heterocycles. The van der Waals surface area contributed by atoms with Crippen molar-refractivity contribution in [1.82, 2.24) is 10.2 Å². The van der Waals surface area contributed by atoms with Crippen LogP contribution in [0.1, 0.15) is 43.9 Å². The Morgan fingerprint density at radius 3 is 2.35 bits per heavy atom. The second kappa shape index (κ2) is 11.0. The number of fused-ring (bicyclic) bond motifs is 3. The topological polar surface area (TPSA) is 226 Å². The highest BCUT2D eigenvalue weighted by atomic mass is 16.7. The Balaban J connectivity index is 1.67. The van der Waals surface area contributed by atoms with Crippen molar-refractivity contribution in [3.8, 4) is 5.75 Å². The number of carbonyl (C=O) groups is 5. The number of ether oxygens (including phenoxy) is 2. The van der Waals surface area contributed by atoms with Gasteiger partial charge in [-0.1, -0.05) is 6.07 Å². The van der Waals surface area contributed by atoms with Gasteiger partial charge in [-0.05, 0) is 70.8 Å². The summed E-state index contributed by atoms with van der Waals surface area (Å²) < 4.78 is 9.81. The number of rotatable bonds is 6. The lowest BCUT2D eigenvalue weighted by atomic mass is 9.57. The summed E-state index contributed by atoms with van der Waals surface area (Å²) in [6.07, 6.45) is -0.923. The zero-order valence-corrected chi connectivity index (χ0v) is 24.4. The number of likely N-dealkylation sites (N-methyl/N-ethyl adjacent to an activating group) is 1. The molecule has 43 heavy (non-hydrogen) atoms. The molecule has 1 fully saturated rings. The molecule has 4 atom stereocenters. The first kappa shape index (κ1) is 31.5. The van der Waals surface area contributed by atoms with E-state index in [1.165, 1.54) is 31.1 Å². The molecule has 1 aromatic carbocycles. The molecular weight excluding hydrogens is 566 g/mol. The molecule has 3 aliphatic rings. The van der Waals surface area contributed by atoms with Gasteiger partial charge in [0.2, 0.25) is 12.6 Å². The molecule has 0 aliphatic heterocycles. The van der Waals surface area contributed by atoms with E-state index in [1.807, 2.05) is 0 Å². The largest absolute Gasteiger partial charge is 0.508 e. The Labute approximate surface area is 246 Å². The van der Waals surface area contributed by atoms with Gasteiger partial charge in [-0.25, -0.2) is 4.79 Å². The lowest BCUT2D eigenvalue weighted by Crippen LogP contribution is -2.65. The minimum absolute atomic E-state index is 0.0538. The molecule has 14 nitrogen and oxygen atoms in total. The number of nitrogens with one attached hydrogen (secondary N) is 1. The number of primary amides is 1. The number of alkyl carbamates (subject to hydrolysis) is 1. The first-order valence-electron chi connectivity index (χ1n) is 13.5. The number of nitrogens with zero attached hydrogens (tertiary/aromatic N) is 1. The number of benzene rings is 1. The van der Waals surface area contributed by atoms with E-state index in [9.17, 15) is 44.4 Å². The van der Waals surface area contributed by atoms with Gasteiger partial charge in [-0.15, -0.1) is 0 Å². The summed E-state index contributed by atoms with van der Waals surface area (Å²) in [6, 6.07) is 1.55. The number of esters is 1. The van der Waals surface area contributed by atoms with Crippen LogP contribution in [0.2, 0.25) is 0 Å². The number of amides is 2. The second-order valence-electron chi connectivity index (χ2n) is 12.1. The van der Waals surface area contributed by atoms with Crippen molar-refractivity contribution in [2.24, 2.45) is 23.0 Å². The third-order valence-corrected chi connectivity index (χ3v) is 8.12. The molecule has 4 rings (SSSR count). The van der Waals surface area contributed by atoms with Crippen LogP contribution in [0, 0.1) is 17.3 Å². The van der Waals surface area contributed by atoms with Crippen molar-refractivity contribution in [2.45, 2.75) is 51.8 Å². The van der Waals surface area contributed by atoms with Gasteiger partial charge in [0.05, 0.1) is 17.0 Å². The summed E-state index contributed by atoms with van der Waals surface area (Å²) in [4.78, 5) is 64.7. The molecule has 1 saturated carbocycles. The van der Waals surface area contributed by atoms with Crippen LogP contribution >= 0.6 is 0 Å². The SMILES string of the molecule is CN(C)[C@@H]1C(=O)C(C(N)=O)=C(O)[C@@]2(O)C(=O)C3=C(O)c4c(O)ccc(CNC(=O)OCOC(=O)C(C)(C)C)c4C[C@H]3C[C@@H]12. The zero-order valence-electron chi connectivity index (χ0n) is 24.4. The maximum atomic E-state index is 13.9. The minimum atomic E-state index is -2.74. The molecule has 14 heteroatoms. The van der Waals surface area contributed by atoms with Crippen LogP contribution in [0.5, 0.6) is 5.75 Å². The standard InChI is InChI=1S/C29H35N3O11/c1-28(2,3)26(39)42-11-43-27(40)31-10-12-6-7-16(33)18-14(12)8-13-9-15-20(32(4)5)22(35)19(25(30)38)24(37)29(15,41)23(36)17(13)21(18)34/h6-7,13,15,20,33-34,37,41H,8-11H2,1-5H3,(H2,30,38)(H,31,40)/t13-,15-,20-,29-/m0/s1. The van der Waals surface area contributed by atoms with Crippen LogP contribution in [0.3, 0.4) is 0 Å². The van der Waals surface area contributed by atoms with E-state index in [-0.39, 0.29) is 36.3 Å². The molecule has 0 spiro atoms. The van der Waals surface area contributed by atoms with Crippen LogP contribution in [-0.4, -0.2) is 87.4 Å². The minimum Gasteiger partial charge on any atom is -0.508 e. The van der Waals surface area contributed by atoms with Gasteiger partial charge in [0.1, 0.15) is 22.8 Å². The van der Waals surface area contributed by atoms with Crippen LogP contribution < -0.4 is 11.1 Å². The van der Waals surface area contributed by atoms with Crippen LogP contribution in [-0.2, 0) is 41.6 Å². The predicted molar refractivity (Wildman–Crippen MR) is 148 cm³/mol. The third kappa shape index (κ3) is 5.20. The molecule has 0 unspecified atom stereocenters. The Morgan fingerprint density at radius 2 is 1.77 bits per heavy atom. The van der Waals surface area contributed by atoms with Gasteiger partial charge >= 0.3 is 12.1 Å². The summed E-state index contributed by atoms with van der Waals surface area (Å²) in [5.41, 5.74) is 1.37. The summed E-state index contributed by atoms with van der Waals surface area (Å²) >= 11 is 0. The maximum Gasteiger partial charge on any atom is 0.410 e. The highest BCUT2D eigenvalue weighted by Crippen LogP contribution is 2.52. The number of hydrogen-bond acceptors (Lipinski definition) is 12. The quantitative estimate of drug-likeness (QED) is 0.151. The molecule has 0 radical (unpaired) electrons. The van der Waals surface area contributed by atoms with Crippen LogP contribution in [0.4, 0.5) is 4.79 Å². The number of nitrogens with two attached hydrogens (primary N) is 1. The van der Waals surface area contributed by atoms with Gasteiger partial charge in [0.15, 0.2) is 11.4 Å². The van der Waals surface area contributed by atoms with Crippen molar-refractivity contribution in [2.75, 3.05) is 20.9 Å². The van der Waals surface area contributed by atoms with E-state index < -0.39 is 82.3 Å². The molecule has 0 bridgehead atoms. The zero-order chi connectivity index (χ0) is 32.2. The Kier molecular flexibility index (Phi) is 8.06. The molecule has 1 aromatic rings. The number of hydrogen-bond donors (Lipinski definition) is 6. The third-order valence-electron chi connectivity index (χ3n) is 8.12. The van der Waals surface area contributed by atoms with E-state index in [0.717, 1.165) is 0 Å². The van der Waals surface area contributed by atoms with Crippen molar-refractivity contribution >= 4 is 35.3 Å². The number of phenolic OH excluding ortho intramolecular Hbond substituents is 1. The van der Waals surface area contributed by atoms with E-state index in [2.05, 4.69) is 5.32 Å². The Bertz CT molecular complexity index is 1490. The van der Waals surface area contributed by atoms with Gasteiger partial charge in [-0.3, -0.25) is 24.1 Å². The molecule has 0 aromatic heterocycles. The summed E-state index contributed by atoms with van der Waals surface area (Å²) in [7, 11) is 3.02. The highest BCUT2D eigenvalue weighted by Gasteiger charge is 2.64. The Hall–Kier alpha value is -4.43. The molecular formula is C29H35N3O11. The van der Waals surface area contributed by atoms with E-state index >= 15 is 0 Å². The van der Waals surface area contributed by atoms with Gasteiger partial charge in [0.25, 0.3) is 5.91 Å². The lowest BCUT2D eigenvalue weighted by molar-refractivity contribution is -0.161. The smallest absolute Gasteiger partial charge is 0.410 e. The fourth-order valence-corrected chi connectivity index (χ4v) is 6.05. The number of phenols is 1. The molecule has 0 saturated heterocycles. The lowest BCUT2D eigenvalue weighted by Gasteiger charge is -2.50. The summed E-state index contributed by atoms with van der Waals surface area (Å²) in [5, 5.41) is 47.0. The molecule has 3 aliphatic carbocycles. The normalized spacial score (nSPS) is 25.1. The fourth-order valence-electron chi connectivity index (χ4n) is 6.05. The number of aliphatic hydroxyl groups excluding tert-OH is 2. The van der Waals surface area contributed by atoms with Crippen molar-refractivity contribution < 1.29 is 53.9 Å². The molecule has 7 N–H and O–H groups in total. The fraction of sp³-hybridized carbons (Fsp3) is 0.483. The van der Waals surface area contributed by atoms with Crippen molar-refractivity contribution in [1.29, 1.82) is 0 Å². The van der Waals surface area contributed by atoms with Gasteiger partial charge in [0, 0.05) is 18.0 Å². The average Bonchev–Trinajstić information content (AvgIpc) is 2.89. The second-order valence-corrected chi connectivity index (χ2v) is 12.1. The monoisotopic (exact) mass is 601 g/mol. The Morgan fingerprint density at radius 1 is 1.12 bits per heavy atom. The summed E-state index contributed by atoms with van der Waals surface area (Å²) in [6.45, 7) is 4.19. The first-order valence-corrected chi connectivity index (χ1v) is 13.5. The summed E-state index contributed by atoms with van der Waals surface area (Å²) in [5.74, 6) is -8.03. The van der Waals surface area contributed by atoms with Crippen molar-refractivity contribution in [3.63, 3.8) is 0 Å². The number of aromatic hydroxyl groups is 1. The van der Waals surface area contributed by atoms with Crippen LogP contribution in [0.15, 0.2) is 29.0 Å². The number of carbonyl (C=O) groups excluding carboxylic acids is 5. The first-order chi connectivity index (χ1) is 19.9. The highest BCUT2D eigenvalue weighted by molar-refractivity contribution is 6.24. The van der Waals surface area contributed by atoms with E-state index in [1.54, 1.807) is 20.8 Å². The molecule has 232 valence electrons. The number of ketones is 2. The maximum absolute atomic E-state index is 13.9. The van der Waals surface area contributed by atoms with Crippen molar-refractivity contribution in [3.05, 3.63) is 45.7 Å². The number of aliphatic hydroxyl groups is 3. The molecule has 2 amide bonds. The van der Waals surface area contributed by atoms with Gasteiger partial charge in [-0.2, -0.15) is 0 Å². The van der Waals surface area contributed by atoms with E-state index in [0.29, 0.717) is 11.1 Å². The number of Topliss-reactive ketones (excluding diaryl/α,β-unsaturated/α-hetero) is 2.